The van der Waals surface area contributed by atoms with Crippen molar-refractivity contribution in [3.05, 3.63) is 0 Å². The maximum absolute atomic E-state index is 8.86. The number of hydrogen-bond acceptors (Lipinski definition) is 3. The fourth-order valence-corrected chi connectivity index (χ4v) is 1.93. The summed E-state index contributed by atoms with van der Waals surface area (Å²) in [7, 11) is 0. The fraction of sp³-hybridized carbons (Fsp3) is 1.00. The van der Waals surface area contributed by atoms with Crippen LogP contribution in [0.2, 0.25) is 0 Å². The van der Waals surface area contributed by atoms with E-state index in [4.69, 9.17) is 14.6 Å². The Morgan fingerprint density at radius 2 is 1.69 bits per heavy atom. The standard InChI is InChI=1S/C10H18O3/c1-2-3-4-5-6-7-9-10(8-11,12-9)13-9/h11H,2-8H2,1H3. The zero-order valence-electron chi connectivity index (χ0n) is 8.21. The molecular weight excluding hydrogens is 168 g/mol. The number of epoxide rings is 2. The van der Waals surface area contributed by atoms with Crippen molar-refractivity contribution in [3.63, 3.8) is 0 Å². The monoisotopic (exact) mass is 186 g/mol. The molecule has 0 radical (unpaired) electrons. The van der Waals surface area contributed by atoms with Crippen molar-refractivity contribution in [2.24, 2.45) is 0 Å². The van der Waals surface area contributed by atoms with E-state index in [9.17, 15) is 0 Å². The van der Waals surface area contributed by atoms with Gasteiger partial charge in [0.2, 0.25) is 5.79 Å². The van der Waals surface area contributed by atoms with Gasteiger partial charge in [0.15, 0.2) is 0 Å². The summed E-state index contributed by atoms with van der Waals surface area (Å²) in [5, 5.41) is 8.86. The molecule has 0 saturated carbocycles. The summed E-state index contributed by atoms with van der Waals surface area (Å²) in [6, 6.07) is 0. The van der Waals surface area contributed by atoms with Gasteiger partial charge in [-0.05, 0) is 6.42 Å². The molecule has 3 nitrogen and oxygen atoms in total. The highest BCUT2D eigenvalue weighted by Gasteiger charge is 2.90. The molecule has 2 aliphatic heterocycles. The minimum absolute atomic E-state index is 0.0158. The third-order valence-corrected chi connectivity index (χ3v) is 2.97. The second-order valence-corrected chi connectivity index (χ2v) is 4.03. The average Bonchev–Trinajstić information content (AvgIpc) is 2.90. The van der Waals surface area contributed by atoms with E-state index < -0.39 is 5.79 Å². The Hall–Kier alpha value is -0.120. The lowest BCUT2D eigenvalue weighted by atomic mass is 10.1. The molecule has 1 N–H and O–H groups in total. The molecule has 13 heavy (non-hydrogen) atoms. The van der Waals surface area contributed by atoms with Crippen molar-refractivity contribution in [1.82, 2.24) is 0 Å². The highest BCUT2D eigenvalue weighted by atomic mass is 17.1. The lowest BCUT2D eigenvalue weighted by Gasteiger charge is -2.00. The maximum Gasteiger partial charge on any atom is 0.253 e. The van der Waals surface area contributed by atoms with Crippen LogP contribution < -0.4 is 0 Å². The van der Waals surface area contributed by atoms with Crippen molar-refractivity contribution in [2.75, 3.05) is 6.61 Å². The zero-order valence-corrected chi connectivity index (χ0v) is 8.21. The van der Waals surface area contributed by atoms with Crippen LogP contribution in [0.3, 0.4) is 0 Å². The molecule has 0 amide bonds. The van der Waals surface area contributed by atoms with Crippen molar-refractivity contribution in [1.29, 1.82) is 0 Å². The summed E-state index contributed by atoms with van der Waals surface area (Å²) in [6.07, 6.45) is 7.26. The number of rotatable bonds is 7. The SMILES string of the molecule is CCCCCCCC12OC1(CO)O2. The highest BCUT2D eigenvalue weighted by Crippen LogP contribution is 2.69. The lowest BCUT2D eigenvalue weighted by Crippen LogP contribution is -2.03. The second kappa shape index (κ2) is 3.23. The molecule has 2 fully saturated rings. The van der Waals surface area contributed by atoms with Crippen LogP contribution in [0, 0.1) is 0 Å². The topological polar surface area (TPSA) is 45.3 Å². The van der Waals surface area contributed by atoms with E-state index in [1.54, 1.807) is 0 Å². The Morgan fingerprint density at radius 3 is 2.23 bits per heavy atom. The predicted octanol–water partition coefficient (Wildman–Crippen LogP) is 1.79. The van der Waals surface area contributed by atoms with E-state index in [1.165, 1.54) is 25.7 Å². The molecule has 0 bridgehead atoms. The Morgan fingerprint density at radius 1 is 1.00 bits per heavy atom. The molecule has 0 aromatic carbocycles. The number of ether oxygens (including phenoxy) is 2. The third kappa shape index (κ3) is 1.49. The van der Waals surface area contributed by atoms with Crippen LogP contribution in [-0.4, -0.2) is 23.3 Å². The molecule has 2 saturated heterocycles. The van der Waals surface area contributed by atoms with Crippen molar-refractivity contribution >= 4 is 0 Å². The molecule has 0 aromatic heterocycles. The smallest absolute Gasteiger partial charge is 0.253 e. The molecule has 0 atom stereocenters. The van der Waals surface area contributed by atoms with Crippen molar-refractivity contribution in [3.8, 4) is 0 Å². The number of hydrogen-bond donors (Lipinski definition) is 1. The minimum atomic E-state index is -0.544. The second-order valence-electron chi connectivity index (χ2n) is 4.03. The van der Waals surface area contributed by atoms with Gasteiger partial charge in [-0.1, -0.05) is 32.6 Å². The Kier molecular flexibility index (Phi) is 2.34. The zero-order chi connectivity index (χ0) is 9.36. The first-order chi connectivity index (χ1) is 6.29. The van der Waals surface area contributed by atoms with Gasteiger partial charge in [-0.25, -0.2) is 0 Å². The number of fused-ring (bicyclic) bond motifs is 1. The summed E-state index contributed by atoms with van der Waals surface area (Å²) >= 11 is 0. The van der Waals surface area contributed by atoms with Crippen LogP contribution in [0.1, 0.15) is 45.4 Å². The molecule has 0 aliphatic carbocycles. The van der Waals surface area contributed by atoms with E-state index in [2.05, 4.69) is 6.92 Å². The van der Waals surface area contributed by atoms with E-state index >= 15 is 0 Å². The first-order valence-corrected chi connectivity index (χ1v) is 5.30. The first-order valence-electron chi connectivity index (χ1n) is 5.30. The van der Waals surface area contributed by atoms with Crippen LogP contribution in [0.4, 0.5) is 0 Å². The molecule has 0 unspecified atom stereocenters. The Bertz CT molecular complexity index is 185. The summed E-state index contributed by atoms with van der Waals surface area (Å²) in [5.74, 6) is -0.883. The van der Waals surface area contributed by atoms with Gasteiger partial charge < -0.3 is 14.6 Å². The van der Waals surface area contributed by atoms with Crippen LogP contribution in [-0.2, 0) is 9.47 Å². The first kappa shape index (κ1) is 9.44. The Labute approximate surface area is 79.0 Å². The molecule has 2 aliphatic rings. The third-order valence-electron chi connectivity index (χ3n) is 2.97. The van der Waals surface area contributed by atoms with E-state index in [0.29, 0.717) is 0 Å². The number of aliphatic hydroxyl groups excluding tert-OH is 1. The number of unbranched alkanes of at least 4 members (excludes halogenated alkanes) is 4. The van der Waals surface area contributed by atoms with Gasteiger partial charge in [0.1, 0.15) is 6.61 Å². The van der Waals surface area contributed by atoms with Crippen LogP contribution in [0.25, 0.3) is 0 Å². The van der Waals surface area contributed by atoms with Gasteiger partial charge in [-0.3, -0.25) is 0 Å². The van der Waals surface area contributed by atoms with Crippen molar-refractivity contribution in [2.45, 2.75) is 57.0 Å². The molecule has 2 rings (SSSR count). The van der Waals surface area contributed by atoms with Gasteiger partial charge in [0.25, 0.3) is 5.79 Å². The maximum atomic E-state index is 8.86. The van der Waals surface area contributed by atoms with E-state index in [1.807, 2.05) is 0 Å². The van der Waals surface area contributed by atoms with Gasteiger partial charge in [-0.15, -0.1) is 0 Å². The quantitative estimate of drug-likeness (QED) is 0.487. The normalized spacial score (nSPS) is 40.2. The van der Waals surface area contributed by atoms with E-state index in [0.717, 1.165) is 12.8 Å². The molecular formula is C10H18O3. The molecule has 3 heteroatoms. The van der Waals surface area contributed by atoms with Gasteiger partial charge >= 0.3 is 0 Å². The van der Waals surface area contributed by atoms with Crippen molar-refractivity contribution < 1.29 is 14.6 Å². The van der Waals surface area contributed by atoms with Crippen LogP contribution in [0.5, 0.6) is 0 Å². The molecule has 0 aromatic rings. The van der Waals surface area contributed by atoms with Crippen LogP contribution in [0.15, 0.2) is 0 Å². The largest absolute Gasteiger partial charge is 0.391 e. The molecule has 2 heterocycles. The molecule has 76 valence electrons. The average molecular weight is 186 g/mol. The summed E-state index contributed by atoms with van der Waals surface area (Å²) in [5.41, 5.74) is 0. The Balaban J connectivity index is 1.52. The van der Waals surface area contributed by atoms with Gasteiger partial charge in [-0.2, -0.15) is 0 Å². The summed E-state index contributed by atoms with van der Waals surface area (Å²) < 4.78 is 10.5. The number of aliphatic hydroxyl groups is 1. The predicted molar refractivity (Wildman–Crippen MR) is 48.1 cm³/mol. The minimum Gasteiger partial charge on any atom is -0.391 e. The summed E-state index contributed by atoms with van der Waals surface area (Å²) in [4.78, 5) is 0. The van der Waals surface area contributed by atoms with Gasteiger partial charge in [0, 0.05) is 6.42 Å². The fourth-order valence-electron chi connectivity index (χ4n) is 1.93. The van der Waals surface area contributed by atoms with Gasteiger partial charge in [0.05, 0.1) is 0 Å². The molecule has 0 spiro atoms. The summed E-state index contributed by atoms with van der Waals surface area (Å²) in [6.45, 7) is 2.23. The van der Waals surface area contributed by atoms with E-state index in [-0.39, 0.29) is 12.4 Å². The lowest BCUT2D eigenvalue weighted by molar-refractivity contribution is -0.114. The van der Waals surface area contributed by atoms with Crippen LogP contribution >= 0.6 is 0 Å². The highest BCUT2D eigenvalue weighted by molar-refractivity contribution is 5.17.